The van der Waals surface area contributed by atoms with E-state index < -0.39 is 17.6 Å². The van der Waals surface area contributed by atoms with Crippen molar-refractivity contribution in [2.45, 2.75) is 47.5 Å². The standard InChI is InChI=1S/C21H16Cl2FN3O2.C4H10.C2H6/c1-11-8-13(14-9-12(19(25)28)6-7-15(14)22)10-26-20(11)27(2)21(29)18-16(23)4-3-5-17(18)24;1-3-4-2;1-2/h3-10H,1-2H3,(H2,25,28);3-4H2,1-2H3;1-2H3. The largest absolute Gasteiger partial charge is 0.366 e. The third kappa shape index (κ3) is 7.77. The van der Waals surface area contributed by atoms with Crippen LogP contribution in [0.2, 0.25) is 10.0 Å². The molecule has 0 aliphatic rings. The summed E-state index contributed by atoms with van der Waals surface area (Å²) in [6.07, 6.45) is 4.15. The molecule has 0 radical (unpaired) electrons. The number of anilines is 1. The average Bonchev–Trinajstić information content (AvgIpc) is 2.85. The van der Waals surface area contributed by atoms with E-state index in [-0.39, 0.29) is 10.6 Å². The SMILES string of the molecule is CC.CCCC.Cc1cc(-c2cc(C(N)=O)ccc2Cl)cnc1N(C)C(=O)c1c(F)cccc1Cl. The second-order valence-corrected chi connectivity index (χ2v) is 8.20. The van der Waals surface area contributed by atoms with Crippen molar-refractivity contribution in [2.75, 3.05) is 11.9 Å². The number of nitrogens with two attached hydrogens (primary N) is 1. The van der Waals surface area contributed by atoms with Crippen molar-refractivity contribution in [3.05, 3.63) is 81.2 Å². The first-order chi connectivity index (χ1) is 16.6. The quantitative estimate of drug-likeness (QED) is 0.374. The molecule has 0 aliphatic carbocycles. The van der Waals surface area contributed by atoms with Crippen LogP contribution in [0.25, 0.3) is 11.1 Å². The van der Waals surface area contributed by atoms with Crippen LogP contribution in [0.4, 0.5) is 10.2 Å². The van der Waals surface area contributed by atoms with Gasteiger partial charge in [0.1, 0.15) is 11.6 Å². The zero-order valence-electron chi connectivity index (χ0n) is 21.0. The van der Waals surface area contributed by atoms with E-state index in [0.29, 0.717) is 33.1 Å². The third-order valence-corrected chi connectivity index (χ3v) is 5.56. The summed E-state index contributed by atoms with van der Waals surface area (Å²) in [5.74, 6) is -1.57. The van der Waals surface area contributed by atoms with E-state index in [1.165, 1.54) is 55.3 Å². The Bertz CT molecular complexity index is 1150. The maximum absolute atomic E-state index is 14.1. The Hall–Kier alpha value is -2.96. The van der Waals surface area contributed by atoms with Crippen LogP contribution in [-0.4, -0.2) is 23.8 Å². The second kappa shape index (κ2) is 14.4. The molecule has 3 aromatic rings. The first kappa shape index (κ1) is 30.1. The minimum atomic E-state index is -0.710. The topological polar surface area (TPSA) is 76.3 Å². The Balaban J connectivity index is 0.000000926. The minimum absolute atomic E-state index is 0.0196. The summed E-state index contributed by atoms with van der Waals surface area (Å²) in [6.45, 7) is 10.1. The van der Waals surface area contributed by atoms with E-state index in [9.17, 15) is 14.0 Å². The molecule has 2 N–H and O–H groups in total. The van der Waals surface area contributed by atoms with Gasteiger partial charge in [0.15, 0.2) is 0 Å². The van der Waals surface area contributed by atoms with Gasteiger partial charge in [-0.25, -0.2) is 9.37 Å². The molecular weight excluding hydrogens is 488 g/mol. The lowest BCUT2D eigenvalue weighted by molar-refractivity contribution is 0.0984. The number of aromatic nitrogens is 1. The van der Waals surface area contributed by atoms with E-state index in [1.807, 2.05) is 13.8 Å². The number of carbonyl (C=O) groups excluding carboxylic acids is 2. The number of amides is 2. The fourth-order valence-corrected chi connectivity index (χ4v) is 3.40. The molecule has 0 saturated carbocycles. The maximum atomic E-state index is 14.1. The third-order valence-electron chi connectivity index (χ3n) is 4.91. The van der Waals surface area contributed by atoms with Gasteiger partial charge in [0.05, 0.1) is 10.6 Å². The molecular formula is C27H32Cl2FN3O2. The van der Waals surface area contributed by atoms with Gasteiger partial charge in [0.25, 0.3) is 5.91 Å². The average molecular weight is 520 g/mol. The summed E-state index contributed by atoms with van der Waals surface area (Å²) in [5, 5.41) is 0.442. The van der Waals surface area contributed by atoms with Crippen molar-refractivity contribution in [1.29, 1.82) is 0 Å². The Labute approximate surface area is 217 Å². The van der Waals surface area contributed by atoms with Gasteiger partial charge >= 0.3 is 0 Å². The molecule has 2 aromatic carbocycles. The van der Waals surface area contributed by atoms with Gasteiger partial charge in [-0.2, -0.15) is 0 Å². The van der Waals surface area contributed by atoms with Crippen LogP contribution in [0, 0.1) is 12.7 Å². The lowest BCUT2D eigenvalue weighted by Crippen LogP contribution is -2.29. The minimum Gasteiger partial charge on any atom is -0.366 e. The molecule has 1 aromatic heterocycles. The second-order valence-electron chi connectivity index (χ2n) is 7.38. The van der Waals surface area contributed by atoms with Crippen LogP contribution in [0.1, 0.15) is 66.8 Å². The molecule has 0 aliphatic heterocycles. The van der Waals surface area contributed by atoms with Crippen LogP contribution in [-0.2, 0) is 0 Å². The number of rotatable bonds is 5. The molecule has 0 bridgehead atoms. The number of pyridine rings is 1. The number of unbranched alkanes of at least 4 members (excludes halogenated alkanes) is 1. The Morgan fingerprint density at radius 1 is 1.03 bits per heavy atom. The van der Waals surface area contributed by atoms with Crippen LogP contribution in [0.3, 0.4) is 0 Å². The van der Waals surface area contributed by atoms with Crippen LogP contribution in [0.15, 0.2) is 48.7 Å². The van der Waals surface area contributed by atoms with Crippen molar-refractivity contribution < 1.29 is 14.0 Å². The van der Waals surface area contributed by atoms with E-state index in [2.05, 4.69) is 18.8 Å². The van der Waals surface area contributed by atoms with Gasteiger partial charge in [-0.3, -0.25) is 14.5 Å². The molecule has 0 spiro atoms. The van der Waals surface area contributed by atoms with Crippen LogP contribution >= 0.6 is 23.2 Å². The van der Waals surface area contributed by atoms with Crippen molar-refractivity contribution in [2.24, 2.45) is 5.73 Å². The predicted octanol–water partition coefficient (Wildman–Crippen LogP) is 7.71. The number of primary amides is 1. The van der Waals surface area contributed by atoms with Gasteiger partial charge < -0.3 is 5.73 Å². The number of benzene rings is 2. The lowest BCUT2D eigenvalue weighted by atomic mass is 10.0. The number of nitrogens with zero attached hydrogens (tertiary/aromatic N) is 2. The summed E-state index contributed by atoms with van der Waals surface area (Å²) < 4.78 is 14.1. The van der Waals surface area contributed by atoms with Crippen molar-refractivity contribution >= 4 is 40.8 Å². The fraction of sp³-hybridized carbons (Fsp3) is 0.296. The molecule has 35 heavy (non-hydrogen) atoms. The zero-order chi connectivity index (χ0) is 26.7. The molecule has 2 amide bonds. The molecule has 1 heterocycles. The number of carbonyl (C=O) groups is 2. The first-order valence-electron chi connectivity index (χ1n) is 11.4. The van der Waals surface area contributed by atoms with Gasteiger partial charge in [-0.15, -0.1) is 0 Å². The molecule has 0 fully saturated rings. The molecule has 5 nitrogen and oxygen atoms in total. The zero-order valence-corrected chi connectivity index (χ0v) is 22.5. The molecule has 0 saturated heterocycles. The summed E-state index contributed by atoms with van der Waals surface area (Å²) >= 11 is 12.3. The van der Waals surface area contributed by atoms with Crippen LogP contribution in [0.5, 0.6) is 0 Å². The Kier molecular flexibility index (Phi) is 12.4. The van der Waals surface area contributed by atoms with E-state index >= 15 is 0 Å². The summed E-state index contributed by atoms with van der Waals surface area (Å²) in [5.41, 5.74) is 7.29. The maximum Gasteiger partial charge on any atom is 0.263 e. The molecule has 3 rings (SSSR count). The summed E-state index contributed by atoms with van der Waals surface area (Å²) in [7, 11) is 1.49. The fourth-order valence-electron chi connectivity index (χ4n) is 2.93. The molecule has 0 atom stereocenters. The van der Waals surface area contributed by atoms with E-state index in [0.717, 1.165) is 0 Å². The van der Waals surface area contributed by atoms with Gasteiger partial charge in [-0.1, -0.05) is 69.8 Å². The highest BCUT2D eigenvalue weighted by Gasteiger charge is 2.23. The van der Waals surface area contributed by atoms with E-state index in [1.54, 1.807) is 25.1 Å². The number of aryl methyl sites for hydroxylation is 1. The highest BCUT2D eigenvalue weighted by molar-refractivity contribution is 6.34. The first-order valence-corrected chi connectivity index (χ1v) is 12.2. The Morgan fingerprint density at radius 2 is 1.66 bits per heavy atom. The smallest absolute Gasteiger partial charge is 0.263 e. The highest BCUT2D eigenvalue weighted by Crippen LogP contribution is 2.31. The molecule has 8 heteroatoms. The number of hydrogen-bond acceptors (Lipinski definition) is 3. The summed E-state index contributed by atoms with van der Waals surface area (Å²) in [4.78, 5) is 29.8. The molecule has 0 unspecified atom stereocenters. The molecule has 188 valence electrons. The van der Waals surface area contributed by atoms with Crippen molar-refractivity contribution in [3.63, 3.8) is 0 Å². The normalized spacial score (nSPS) is 9.86. The van der Waals surface area contributed by atoms with Gasteiger partial charge in [-0.05, 0) is 48.9 Å². The monoisotopic (exact) mass is 519 g/mol. The Morgan fingerprint density at radius 3 is 2.17 bits per heavy atom. The van der Waals surface area contributed by atoms with E-state index in [4.69, 9.17) is 28.9 Å². The highest BCUT2D eigenvalue weighted by atomic mass is 35.5. The van der Waals surface area contributed by atoms with Crippen LogP contribution < -0.4 is 10.6 Å². The van der Waals surface area contributed by atoms with Crippen molar-refractivity contribution in [3.8, 4) is 11.1 Å². The predicted molar refractivity (Wildman–Crippen MR) is 144 cm³/mol. The van der Waals surface area contributed by atoms with Gasteiger partial charge in [0, 0.05) is 35.0 Å². The number of halogens is 3. The number of hydrogen-bond donors (Lipinski definition) is 1. The lowest BCUT2D eigenvalue weighted by Gasteiger charge is -2.20. The van der Waals surface area contributed by atoms with Gasteiger partial charge in [0.2, 0.25) is 5.91 Å². The summed E-state index contributed by atoms with van der Waals surface area (Å²) in [6, 6.07) is 10.5. The van der Waals surface area contributed by atoms with Crippen molar-refractivity contribution in [1.82, 2.24) is 4.98 Å².